The molecule has 0 saturated carbocycles. The fourth-order valence-corrected chi connectivity index (χ4v) is 2.67. The fraction of sp³-hybridized carbons (Fsp3) is 0.188. The maximum atomic E-state index is 12.3. The van der Waals surface area contributed by atoms with Crippen LogP contribution in [0.2, 0.25) is 0 Å². The molecule has 0 bridgehead atoms. The van der Waals surface area contributed by atoms with E-state index in [2.05, 4.69) is 27.3 Å². The number of rotatable bonds is 2. The number of anilines is 1. The standard InChI is InChI=1S/C16H15BrN2O/c17-14-7-5-12(6-8-14)11-19-15-4-2-1-3-13(15)9-18-10-16(19)20/h1-8,18H,9-11H2. The van der Waals surface area contributed by atoms with E-state index in [9.17, 15) is 4.79 Å². The van der Waals surface area contributed by atoms with Crippen LogP contribution in [0.5, 0.6) is 0 Å². The highest BCUT2D eigenvalue weighted by Gasteiger charge is 2.21. The summed E-state index contributed by atoms with van der Waals surface area (Å²) in [5.41, 5.74) is 3.29. The maximum Gasteiger partial charge on any atom is 0.241 e. The van der Waals surface area contributed by atoms with Crippen molar-refractivity contribution in [2.45, 2.75) is 13.1 Å². The van der Waals surface area contributed by atoms with E-state index in [-0.39, 0.29) is 5.91 Å². The van der Waals surface area contributed by atoms with Crippen molar-refractivity contribution >= 4 is 27.5 Å². The van der Waals surface area contributed by atoms with E-state index in [0.717, 1.165) is 27.8 Å². The summed E-state index contributed by atoms with van der Waals surface area (Å²) in [5, 5.41) is 3.18. The average Bonchev–Trinajstić information content (AvgIpc) is 2.62. The summed E-state index contributed by atoms with van der Waals surface area (Å²) in [4.78, 5) is 14.2. The Labute approximate surface area is 126 Å². The molecule has 3 rings (SSSR count). The monoisotopic (exact) mass is 330 g/mol. The van der Waals surface area contributed by atoms with Crippen molar-refractivity contribution < 1.29 is 4.79 Å². The lowest BCUT2D eigenvalue weighted by Gasteiger charge is -2.22. The van der Waals surface area contributed by atoms with Gasteiger partial charge in [-0.15, -0.1) is 0 Å². The zero-order valence-electron chi connectivity index (χ0n) is 11.0. The van der Waals surface area contributed by atoms with E-state index < -0.39 is 0 Å². The Bertz CT molecular complexity index is 625. The third-order valence-corrected chi connectivity index (χ3v) is 3.96. The van der Waals surface area contributed by atoms with Crippen LogP contribution in [-0.2, 0) is 17.9 Å². The van der Waals surface area contributed by atoms with Crippen LogP contribution >= 0.6 is 15.9 Å². The van der Waals surface area contributed by atoms with E-state index in [1.165, 1.54) is 0 Å². The second-order valence-corrected chi connectivity index (χ2v) is 5.75. The Kier molecular flexibility index (Phi) is 3.85. The summed E-state index contributed by atoms with van der Waals surface area (Å²) in [6.07, 6.45) is 0. The van der Waals surface area contributed by atoms with Crippen LogP contribution in [0, 0.1) is 0 Å². The summed E-state index contributed by atoms with van der Waals surface area (Å²) in [7, 11) is 0. The van der Waals surface area contributed by atoms with Gasteiger partial charge in [-0.2, -0.15) is 0 Å². The molecular weight excluding hydrogens is 316 g/mol. The molecule has 0 saturated heterocycles. The number of nitrogens with one attached hydrogen (secondary N) is 1. The molecule has 1 heterocycles. The SMILES string of the molecule is O=C1CNCc2ccccc2N1Cc1ccc(Br)cc1. The van der Waals surface area contributed by atoms with E-state index in [4.69, 9.17) is 0 Å². The topological polar surface area (TPSA) is 32.3 Å². The Morgan fingerprint density at radius 3 is 2.60 bits per heavy atom. The molecule has 0 aliphatic carbocycles. The van der Waals surface area contributed by atoms with Gasteiger partial charge in [-0.25, -0.2) is 0 Å². The highest BCUT2D eigenvalue weighted by Crippen LogP contribution is 2.24. The van der Waals surface area contributed by atoms with Gasteiger partial charge in [0, 0.05) is 16.7 Å². The second kappa shape index (κ2) is 5.77. The normalized spacial score (nSPS) is 14.8. The second-order valence-electron chi connectivity index (χ2n) is 4.84. The number of fused-ring (bicyclic) bond motifs is 1. The minimum Gasteiger partial charge on any atom is -0.307 e. The summed E-state index contributed by atoms with van der Waals surface area (Å²) < 4.78 is 1.05. The van der Waals surface area contributed by atoms with Crippen LogP contribution in [-0.4, -0.2) is 12.5 Å². The molecule has 0 atom stereocenters. The maximum absolute atomic E-state index is 12.3. The molecule has 4 heteroatoms. The van der Waals surface area contributed by atoms with Crippen molar-refractivity contribution in [2.24, 2.45) is 0 Å². The molecular formula is C16H15BrN2O. The molecule has 20 heavy (non-hydrogen) atoms. The van der Waals surface area contributed by atoms with Crippen LogP contribution < -0.4 is 10.2 Å². The van der Waals surface area contributed by atoms with E-state index >= 15 is 0 Å². The van der Waals surface area contributed by atoms with Crippen LogP contribution in [0.15, 0.2) is 53.0 Å². The predicted octanol–water partition coefficient (Wildman–Crippen LogP) is 3.09. The molecule has 0 fully saturated rings. The largest absolute Gasteiger partial charge is 0.307 e. The number of nitrogens with zero attached hydrogens (tertiary/aromatic N) is 1. The quantitative estimate of drug-likeness (QED) is 0.917. The Morgan fingerprint density at radius 1 is 1.05 bits per heavy atom. The summed E-state index contributed by atoms with van der Waals surface area (Å²) in [5.74, 6) is 0.109. The van der Waals surface area contributed by atoms with Gasteiger partial charge in [-0.05, 0) is 29.3 Å². The van der Waals surface area contributed by atoms with Crippen LogP contribution in [0.25, 0.3) is 0 Å². The van der Waals surface area contributed by atoms with Gasteiger partial charge in [0.25, 0.3) is 0 Å². The molecule has 1 amide bonds. The average molecular weight is 331 g/mol. The van der Waals surface area contributed by atoms with Gasteiger partial charge in [0.05, 0.1) is 13.1 Å². The highest BCUT2D eigenvalue weighted by molar-refractivity contribution is 9.10. The first-order valence-electron chi connectivity index (χ1n) is 6.57. The fourth-order valence-electron chi connectivity index (χ4n) is 2.40. The first-order valence-corrected chi connectivity index (χ1v) is 7.37. The first kappa shape index (κ1) is 13.3. The molecule has 1 N–H and O–H groups in total. The van der Waals surface area contributed by atoms with Crippen LogP contribution in [0.3, 0.4) is 0 Å². The number of hydrogen-bond acceptors (Lipinski definition) is 2. The summed E-state index contributed by atoms with van der Waals surface area (Å²) in [6.45, 7) is 1.72. The first-order chi connectivity index (χ1) is 9.74. The van der Waals surface area contributed by atoms with Gasteiger partial charge in [-0.3, -0.25) is 4.79 Å². The van der Waals surface area contributed by atoms with Gasteiger partial charge < -0.3 is 10.2 Å². The van der Waals surface area contributed by atoms with E-state index in [1.807, 2.05) is 47.4 Å². The van der Waals surface area contributed by atoms with E-state index in [1.54, 1.807) is 0 Å². The molecule has 2 aromatic rings. The minimum absolute atomic E-state index is 0.109. The van der Waals surface area contributed by atoms with Crippen molar-refractivity contribution in [1.82, 2.24) is 5.32 Å². The number of halogens is 1. The molecule has 0 spiro atoms. The van der Waals surface area contributed by atoms with Crippen molar-refractivity contribution in [3.63, 3.8) is 0 Å². The van der Waals surface area contributed by atoms with Gasteiger partial charge in [0.1, 0.15) is 0 Å². The van der Waals surface area contributed by atoms with Crippen LogP contribution in [0.1, 0.15) is 11.1 Å². The molecule has 0 radical (unpaired) electrons. The smallest absolute Gasteiger partial charge is 0.241 e. The number of hydrogen-bond donors (Lipinski definition) is 1. The zero-order chi connectivity index (χ0) is 13.9. The minimum atomic E-state index is 0.109. The molecule has 1 aliphatic heterocycles. The van der Waals surface area contributed by atoms with Gasteiger partial charge in [0.2, 0.25) is 5.91 Å². The molecule has 0 aromatic heterocycles. The Hall–Kier alpha value is -1.65. The van der Waals surface area contributed by atoms with Crippen molar-refractivity contribution in [2.75, 3.05) is 11.4 Å². The number of carbonyl (C=O) groups is 1. The highest BCUT2D eigenvalue weighted by atomic mass is 79.9. The van der Waals surface area contributed by atoms with Gasteiger partial charge in [0.15, 0.2) is 0 Å². The number of amides is 1. The third-order valence-electron chi connectivity index (χ3n) is 3.43. The van der Waals surface area contributed by atoms with Gasteiger partial charge >= 0.3 is 0 Å². The Balaban J connectivity index is 1.94. The predicted molar refractivity (Wildman–Crippen MR) is 83.5 cm³/mol. The number of benzene rings is 2. The molecule has 3 nitrogen and oxygen atoms in total. The third kappa shape index (κ3) is 2.76. The number of para-hydroxylation sites is 1. The van der Waals surface area contributed by atoms with Crippen molar-refractivity contribution in [1.29, 1.82) is 0 Å². The Morgan fingerprint density at radius 2 is 1.80 bits per heavy atom. The van der Waals surface area contributed by atoms with Crippen LogP contribution in [0.4, 0.5) is 5.69 Å². The lowest BCUT2D eigenvalue weighted by atomic mass is 10.1. The molecule has 0 unspecified atom stereocenters. The van der Waals surface area contributed by atoms with Crippen molar-refractivity contribution in [3.8, 4) is 0 Å². The number of carbonyl (C=O) groups excluding carboxylic acids is 1. The lowest BCUT2D eigenvalue weighted by molar-refractivity contribution is -0.117. The molecule has 2 aromatic carbocycles. The van der Waals surface area contributed by atoms with Crippen molar-refractivity contribution in [3.05, 3.63) is 64.1 Å². The van der Waals surface area contributed by atoms with Gasteiger partial charge in [-0.1, -0.05) is 46.3 Å². The summed E-state index contributed by atoms with van der Waals surface area (Å²) >= 11 is 3.43. The molecule has 102 valence electrons. The zero-order valence-corrected chi connectivity index (χ0v) is 12.6. The molecule has 1 aliphatic rings. The van der Waals surface area contributed by atoms with E-state index in [0.29, 0.717) is 13.1 Å². The summed E-state index contributed by atoms with van der Waals surface area (Å²) in [6, 6.07) is 16.1. The lowest BCUT2D eigenvalue weighted by Crippen LogP contribution is -2.35.